The van der Waals surface area contributed by atoms with Crippen molar-refractivity contribution in [2.24, 2.45) is 34.0 Å². The number of nitrogens with two attached hydrogens (primary N) is 1. The lowest BCUT2D eigenvalue weighted by Gasteiger charge is -2.38. The van der Waals surface area contributed by atoms with Crippen LogP contribution in [0.3, 0.4) is 0 Å². The number of aromatic nitrogens is 3. The van der Waals surface area contributed by atoms with Crippen LogP contribution in [0.15, 0.2) is 105 Å². The summed E-state index contributed by atoms with van der Waals surface area (Å²) in [5.74, 6) is 4.21. The van der Waals surface area contributed by atoms with E-state index in [0.29, 0.717) is 109 Å². The summed E-state index contributed by atoms with van der Waals surface area (Å²) in [6, 6.07) is 29.2. The molecule has 3 aromatic heterocycles. The highest BCUT2D eigenvalue weighted by Crippen LogP contribution is 2.58. The summed E-state index contributed by atoms with van der Waals surface area (Å²) in [5.41, 5.74) is 22.4. The molecule has 710 valence electrons. The number of methoxy groups -OCH3 is 2. The van der Waals surface area contributed by atoms with Crippen molar-refractivity contribution in [2.75, 3.05) is 43.8 Å². The van der Waals surface area contributed by atoms with Crippen molar-refractivity contribution in [3.8, 4) is 0 Å². The maximum Gasteiger partial charge on any atom is 0.305 e. The molecule has 0 saturated heterocycles. The van der Waals surface area contributed by atoms with Crippen molar-refractivity contribution in [1.29, 1.82) is 0 Å². The van der Waals surface area contributed by atoms with Crippen LogP contribution >= 0.6 is 58.0 Å². The summed E-state index contributed by atoms with van der Waals surface area (Å²) in [4.78, 5) is 76.4. The lowest BCUT2D eigenvalue weighted by Crippen LogP contribution is -2.28. The fraction of sp³-hybridized carbons (Fsp3) is 0.575. The molecule has 6 fully saturated rings. The van der Waals surface area contributed by atoms with E-state index in [2.05, 4.69) is 116 Å². The van der Waals surface area contributed by atoms with E-state index in [1.165, 1.54) is 61.3 Å². The van der Waals surface area contributed by atoms with Gasteiger partial charge in [-0.2, -0.15) is 0 Å². The largest absolute Gasteiger partial charge is 0.481 e. The molecule has 0 bridgehead atoms. The summed E-state index contributed by atoms with van der Waals surface area (Å²) in [5, 5.41) is 35.6. The first kappa shape index (κ1) is 105. The lowest BCUT2D eigenvalue weighted by atomic mass is 9.66. The highest BCUT2D eigenvalue weighted by Gasteiger charge is 2.47. The highest BCUT2D eigenvalue weighted by atomic mass is 35.5. The Labute approximate surface area is 797 Å². The van der Waals surface area contributed by atoms with Gasteiger partial charge in [0.2, 0.25) is 11.8 Å². The Morgan fingerprint density at radius 2 is 0.700 bits per heavy atom. The number of aryl methyl sites for hydroxylation is 7. The maximum atomic E-state index is 13.5. The molecule has 0 spiro atoms. The Morgan fingerprint density at radius 1 is 0.415 bits per heavy atom. The Balaban J connectivity index is 0.000000190. The summed E-state index contributed by atoms with van der Waals surface area (Å²) in [7, 11) is 6.20. The van der Waals surface area contributed by atoms with E-state index in [1.807, 2.05) is 95.3 Å². The van der Waals surface area contributed by atoms with Gasteiger partial charge in [-0.05, 0) is 302 Å². The Morgan fingerprint density at radius 3 is 0.954 bits per heavy atom. The zero-order chi connectivity index (χ0) is 95.6. The van der Waals surface area contributed by atoms with Crippen molar-refractivity contribution in [3.05, 3.63) is 206 Å². The van der Waals surface area contributed by atoms with Crippen LogP contribution in [0.5, 0.6) is 0 Å². The van der Waals surface area contributed by atoms with Crippen LogP contribution in [-0.2, 0) is 51.1 Å². The predicted octanol–water partition coefficient (Wildman–Crippen LogP) is 28.6. The molecule has 5 aromatic carbocycles. The van der Waals surface area contributed by atoms with E-state index in [1.54, 1.807) is 30.0 Å². The van der Waals surface area contributed by atoms with Gasteiger partial charge in [-0.3, -0.25) is 28.8 Å². The lowest BCUT2D eigenvalue weighted by molar-refractivity contribution is -0.142. The topological polar surface area (TPSA) is 272 Å². The molecule has 0 aliphatic heterocycles. The molecule has 6 saturated carbocycles. The van der Waals surface area contributed by atoms with Crippen LogP contribution in [0.4, 0.5) is 17.1 Å². The van der Waals surface area contributed by atoms with E-state index in [9.17, 15) is 39.0 Å². The molecule has 6 aliphatic carbocycles. The number of hydrogen-bond acceptors (Lipinski definition) is 15. The molecule has 3 unspecified atom stereocenters. The Kier molecular flexibility index (Phi) is 38.6. The number of carbonyl (C=O) groups excluding carboxylic acids is 4. The van der Waals surface area contributed by atoms with Gasteiger partial charge in [0.15, 0.2) is 0 Å². The van der Waals surface area contributed by atoms with E-state index < -0.39 is 11.9 Å². The second-order valence-corrected chi connectivity index (χ2v) is 43.3. The van der Waals surface area contributed by atoms with Crippen LogP contribution in [0.1, 0.15) is 374 Å². The van der Waals surface area contributed by atoms with Gasteiger partial charge in [-0.25, -0.2) is 0 Å². The molecule has 19 nitrogen and oxygen atoms in total. The zero-order valence-corrected chi connectivity index (χ0v) is 84.3. The molecule has 14 rings (SSSR count). The van der Waals surface area contributed by atoms with Gasteiger partial charge >= 0.3 is 23.9 Å². The van der Waals surface area contributed by atoms with Crippen molar-refractivity contribution < 1.29 is 62.0 Å². The predicted molar refractivity (Wildman–Crippen MR) is 524 cm³/mol. The number of halogens is 5. The van der Waals surface area contributed by atoms with Gasteiger partial charge in [0.25, 0.3) is 0 Å². The van der Waals surface area contributed by atoms with E-state index in [-0.39, 0.29) is 80.0 Å². The molecule has 2 amide bonds. The number of hydrogen-bond donors (Lipinski definition) is 3. The first-order valence-corrected chi connectivity index (χ1v) is 48.8. The van der Waals surface area contributed by atoms with Crippen molar-refractivity contribution in [1.82, 2.24) is 15.5 Å². The van der Waals surface area contributed by atoms with E-state index in [0.717, 1.165) is 174 Å². The van der Waals surface area contributed by atoms with Crippen LogP contribution in [0.2, 0.25) is 25.1 Å². The van der Waals surface area contributed by atoms with Gasteiger partial charge in [0, 0.05) is 108 Å². The minimum atomic E-state index is -0.880. The number of nitrogens with zero attached hydrogens (tertiary/aromatic N) is 5. The SMILES string of the molecule is CCc1ccc(C)cc1Cl.CCc1ccc(C)cc1Cl.COC(=O)CCC(CC(=O)N(C)c1ccc(C)cc1Cl)c1noc(C2CC(CC(C)(C)C)C2)c1C1CC1.COC(=O)CCC(CC(=O)O)c1noc(C2CC(CC(C)(C)C)C2)c1C1CC1.Cc1ccc(N(C)C(=O)CC(CCC(=O)O)c2noc(C3CC(CC(C)(C)C)C3)c2C2CC2)c(Cl)c1.Cc1ccc(N)c(Cl)c1. The average Bonchev–Trinajstić information content (AvgIpc) is 1.62. The molecule has 24 heteroatoms. The van der Waals surface area contributed by atoms with Gasteiger partial charge in [-0.15, -0.1) is 0 Å². The van der Waals surface area contributed by atoms with E-state index >= 15 is 0 Å². The second-order valence-electron chi connectivity index (χ2n) is 41.3. The molecular formula is C106H143Cl5N6O13. The summed E-state index contributed by atoms with van der Waals surface area (Å²) >= 11 is 30.4. The number of aliphatic carboxylic acids is 2. The number of ether oxygens (including phenoxy) is 2. The number of carboxylic acids is 2. The van der Waals surface area contributed by atoms with E-state index in [4.69, 9.17) is 86.8 Å². The van der Waals surface area contributed by atoms with Crippen molar-refractivity contribution in [2.45, 2.75) is 331 Å². The fourth-order valence-electron chi connectivity index (χ4n) is 18.6. The third-order valence-electron chi connectivity index (χ3n) is 25.8. The number of amides is 2. The first-order chi connectivity index (χ1) is 61.2. The summed E-state index contributed by atoms with van der Waals surface area (Å²) < 4.78 is 27.5. The first-order valence-electron chi connectivity index (χ1n) is 46.9. The highest BCUT2D eigenvalue weighted by molar-refractivity contribution is 6.34. The third-order valence-corrected chi connectivity index (χ3v) is 27.5. The Hall–Kier alpha value is -8.20. The number of nitrogen functional groups attached to an aromatic ring is 1. The second kappa shape index (κ2) is 47.6. The minimum absolute atomic E-state index is 0.0175. The Bertz CT molecular complexity index is 5070. The zero-order valence-electron chi connectivity index (χ0n) is 80.6. The van der Waals surface area contributed by atoms with Crippen molar-refractivity contribution in [3.63, 3.8) is 0 Å². The van der Waals surface area contributed by atoms with Gasteiger partial charge in [-0.1, -0.05) is 192 Å². The minimum Gasteiger partial charge on any atom is -0.481 e. The molecule has 130 heavy (non-hydrogen) atoms. The molecule has 4 N–H and O–H groups in total. The standard InChI is InChI=1S/C30H41ClN2O4.C29H39ClN2O4.C22H33NO5.2C9H11Cl.C7H8ClN/c1-18-7-11-24(23(31)13-18)33(5)25(34)16-21(10-12-26(35)36-6)28-27(20-8-9-20)29(37-32-28)22-14-19(15-22)17-30(2,3)4;1-17-6-10-23(22(30)12-17)32(5)24(33)15-20(9-11-25(34)35)27-26(19-7-8-19)28(36-31-27)21-13-18(14-21)16-29(2,3)4;1-22(2,3)12-13-9-16(10-13)21-19(14-5-6-14)20(23-28-21)15(11-17(24)25)7-8-18(26)27-4;2*1-3-8-5-4-7(2)6-9(8)10;1-5-2-3-7(9)6(8)4-5/h7,11,13,19-22H,8-10,12,14-17H2,1-6H3;6,10,12,18-21H,7-9,11,13-16H2,1-5H3,(H,34,35);13-16H,5-12H2,1-4H3,(H,24,25);2*4-6H,3H2,1-2H3;2-4H,9H2,1H3. The number of esters is 2. The molecule has 3 atom stereocenters. The number of anilines is 3. The van der Waals surface area contributed by atoms with Gasteiger partial charge < -0.3 is 48.8 Å². The van der Waals surface area contributed by atoms with Gasteiger partial charge in [0.1, 0.15) is 17.3 Å². The monoisotopic (exact) mass is 1880 g/mol. The molecule has 8 aromatic rings. The van der Waals surface area contributed by atoms with Crippen LogP contribution in [-0.4, -0.2) is 89.7 Å². The van der Waals surface area contributed by atoms with Gasteiger partial charge in [0.05, 0.1) is 69.9 Å². The van der Waals surface area contributed by atoms with Crippen LogP contribution in [0.25, 0.3) is 0 Å². The maximum absolute atomic E-state index is 13.5. The molecular weight excluding hydrogens is 1740 g/mol. The fourth-order valence-corrected chi connectivity index (χ4v) is 20.3. The normalized spacial score (nSPS) is 18.7. The summed E-state index contributed by atoms with van der Waals surface area (Å²) in [6.45, 7) is 34.8. The number of benzene rings is 5. The molecule has 6 aliphatic rings. The third kappa shape index (κ3) is 31.7. The molecule has 3 heterocycles. The van der Waals surface area contributed by atoms with Crippen LogP contribution < -0.4 is 15.5 Å². The van der Waals surface area contributed by atoms with Crippen molar-refractivity contribution >= 4 is 111 Å². The number of carbonyl (C=O) groups is 6. The smallest absolute Gasteiger partial charge is 0.305 e. The summed E-state index contributed by atoms with van der Waals surface area (Å²) in [6.07, 6.45) is 21.0. The molecule has 0 radical (unpaired) electrons. The number of carboxylic acid groups (broad SMARTS) is 2. The quantitative estimate of drug-likeness (QED) is 0.0269. The average molecular weight is 1890 g/mol. The number of rotatable bonds is 31. The van der Waals surface area contributed by atoms with Crippen LogP contribution in [0, 0.1) is 68.6 Å².